The highest BCUT2D eigenvalue weighted by atomic mass is 32.2. The van der Waals surface area contributed by atoms with E-state index in [4.69, 9.17) is 4.74 Å². The molecule has 4 rings (SSSR count). The Morgan fingerprint density at radius 2 is 1.94 bits per heavy atom. The van der Waals surface area contributed by atoms with Crippen molar-refractivity contribution >= 4 is 51.5 Å². The first-order valence-electron chi connectivity index (χ1n) is 10.5. The second-order valence-electron chi connectivity index (χ2n) is 7.66. The molecule has 0 saturated carbocycles. The molecule has 3 aromatic rings. The minimum absolute atomic E-state index is 0.127. The third-order valence-corrected chi connectivity index (χ3v) is 6.43. The summed E-state index contributed by atoms with van der Waals surface area (Å²) < 4.78 is 7.07. The molecule has 0 spiro atoms. The van der Waals surface area contributed by atoms with Crippen molar-refractivity contribution in [1.29, 1.82) is 0 Å². The van der Waals surface area contributed by atoms with E-state index < -0.39 is 0 Å². The predicted octanol–water partition coefficient (Wildman–Crippen LogP) is 5.02. The molecule has 1 amide bonds. The largest absolute Gasteiger partial charge is 0.465 e. The van der Waals surface area contributed by atoms with Crippen molar-refractivity contribution in [3.05, 3.63) is 69.8 Å². The number of hydrogen-bond donors (Lipinski definition) is 1. The zero-order chi connectivity index (χ0) is 22.8. The van der Waals surface area contributed by atoms with E-state index >= 15 is 0 Å². The number of thioether (sulfide) groups is 1. The molecular formula is C25H25N3O3S. The minimum Gasteiger partial charge on any atom is -0.465 e. The second kappa shape index (κ2) is 9.04. The number of rotatable bonds is 5. The molecule has 32 heavy (non-hydrogen) atoms. The zero-order valence-corrected chi connectivity index (χ0v) is 19.4. The van der Waals surface area contributed by atoms with Crippen LogP contribution >= 0.6 is 11.8 Å². The number of fused-ring (bicyclic) bond motifs is 1. The van der Waals surface area contributed by atoms with Crippen LogP contribution in [0.5, 0.6) is 0 Å². The molecule has 1 aromatic heterocycles. The number of para-hydroxylation sites is 1. The van der Waals surface area contributed by atoms with Crippen molar-refractivity contribution in [3.8, 4) is 0 Å². The molecule has 0 atom stereocenters. The van der Waals surface area contributed by atoms with Crippen LogP contribution in [0.1, 0.15) is 29.3 Å². The molecule has 2 aromatic carbocycles. The van der Waals surface area contributed by atoms with E-state index in [0.29, 0.717) is 16.7 Å². The van der Waals surface area contributed by atoms with Gasteiger partial charge in [0, 0.05) is 22.2 Å². The Labute approximate surface area is 191 Å². The molecule has 1 fully saturated rings. The second-order valence-corrected chi connectivity index (χ2v) is 8.69. The van der Waals surface area contributed by atoms with Gasteiger partial charge in [0.15, 0.2) is 5.17 Å². The molecule has 1 N–H and O–H groups in total. The monoisotopic (exact) mass is 447 g/mol. The van der Waals surface area contributed by atoms with Crippen LogP contribution in [0.25, 0.3) is 17.0 Å². The smallest absolute Gasteiger partial charge is 0.325 e. The Morgan fingerprint density at radius 3 is 2.69 bits per heavy atom. The number of benzene rings is 2. The Morgan fingerprint density at radius 1 is 1.16 bits per heavy atom. The fraction of sp³-hybridized carbons (Fsp3) is 0.240. The van der Waals surface area contributed by atoms with Crippen LogP contribution < -0.4 is 5.32 Å². The summed E-state index contributed by atoms with van der Waals surface area (Å²) in [5.41, 5.74) is 5.90. The van der Waals surface area contributed by atoms with Gasteiger partial charge in [0.1, 0.15) is 6.54 Å². The van der Waals surface area contributed by atoms with E-state index in [1.807, 2.05) is 67.0 Å². The highest BCUT2D eigenvalue weighted by Crippen LogP contribution is 2.33. The van der Waals surface area contributed by atoms with E-state index in [2.05, 4.69) is 17.2 Å². The Kier molecular flexibility index (Phi) is 6.19. The topological polar surface area (TPSA) is 72.7 Å². The van der Waals surface area contributed by atoms with Crippen LogP contribution in [0.15, 0.2) is 52.4 Å². The summed E-state index contributed by atoms with van der Waals surface area (Å²) >= 11 is 1.32. The lowest BCUT2D eigenvalue weighted by Gasteiger charge is -2.07. The van der Waals surface area contributed by atoms with Crippen LogP contribution in [0.2, 0.25) is 0 Å². The summed E-state index contributed by atoms with van der Waals surface area (Å²) in [4.78, 5) is 29.9. The standard InChI is InChI=1S/C25H25N3O3S/c1-5-31-23(29)14-28-17(4)20(19-8-6-7-9-21(19)28)13-22-24(30)27-25(32-22)26-18-11-10-15(2)16(3)12-18/h6-13H,5,14H2,1-4H3,(H,26,27,30)/b22-13-. The molecule has 1 aliphatic heterocycles. The van der Waals surface area contributed by atoms with E-state index in [1.165, 1.54) is 17.3 Å². The number of amides is 1. The van der Waals surface area contributed by atoms with Crippen LogP contribution in [-0.2, 0) is 20.9 Å². The lowest BCUT2D eigenvalue weighted by atomic mass is 10.1. The molecule has 0 unspecified atom stereocenters. The van der Waals surface area contributed by atoms with E-state index in [0.717, 1.165) is 33.4 Å². The molecule has 1 aliphatic rings. The number of aryl methyl sites for hydroxylation is 2. The number of carbonyl (C=O) groups is 2. The first kappa shape index (κ1) is 21.9. The number of ether oxygens (including phenoxy) is 1. The first-order valence-corrected chi connectivity index (χ1v) is 11.3. The van der Waals surface area contributed by atoms with Gasteiger partial charge in [-0.25, -0.2) is 4.99 Å². The Bertz CT molecular complexity index is 1290. The van der Waals surface area contributed by atoms with Crippen LogP contribution in [-0.4, -0.2) is 28.2 Å². The van der Waals surface area contributed by atoms with Crippen molar-refractivity contribution in [1.82, 2.24) is 9.88 Å². The molecule has 7 heteroatoms. The molecule has 6 nitrogen and oxygen atoms in total. The van der Waals surface area contributed by atoms with Gasteiger partial charge in [0.05, 0.1) is 17.2 Å². The maximum Gasteiger partial charge on any atom is 0.325 e. The first-order chi connectivity index (χ1) is 15.4. The summed E-state index contributed by atoms with van der Waals surface area (Å²) in [5, 5.41) is 4.39. The summed E-state index contributed by atoms with van der Waals surface area (Å²) in [7, 11) is 0. The SMILES string of the molecule is CCOC(=O)Cn1c(C)c(/C=C2\SC(=Nc3ccc(C)c(C)c3)NC2=O)c2ccccc21. The molecule has 1 saturated heterocycles. The Hall–Kier alpha value is -3.32. The number of aliphatic imine (C=N–C) groups is 1. The third kappa shape index (κ3) is 4.34. The highest BCUT2D eigenvalue weighted by molar-refractivity contribution is 8.18. The minimum atomic E-state index is -0.286. The number of nitrogens with one attached hydrogen (secondary N) is 1. The van der Waals surface area contributed by atoms with Crippen LogP contribution in [0.4, 0.5) is 5.69 Å². The molecule has 0 aliphatic carbocycles. The van der Waals surface area contributed by atoms with Gasteiger partial charge in [-0.3, -0.25) is 9.59 Å². The van der Waals surface area contributed by atoms with Crippen molar-refractivity contribution in [2.45, 2.75) is 34.2 Å². The lowest BCUT2D eigenvalue weighted by Crippen LogP contribution is -2.19. The zero-order valence-electron chi connectivity index (χ0n) is 18.6. The number of esters is 1. The number of amidine groups is 1. The van der Waals surface area contributed by atoms with Gasteiger partial charge in [-0.15, -0.1) is 0 Å². The Balaban J connectivity index is 1.69. The number of nitrogens with zero attached hydrogens (tertiary/aromatic N) is 2. The number of hydrogen-bond acceptors (Lipinski definition) is 5. The normalized spacial score (nSPS) is 16.2. The molecule has 0 radical (unpaired) electrons. The van der Waals surface area contributed by atoms with Gasteiger partial charge in [0.2, 0.25) is 0 Å². The average molecular weight is 448 g/mol. The maximum atomic E-state index is 12.7. The predicted molar refractivity (Wildman–Crippen MR) is 130 cm³/mol. The van der Waals surface area contributed by atoms with E-state index in [9.17, 15) is 9.59 Å². The summed E-state index contributed by atoms with van der Waals surface area (Å²) in [6, 6.07) is 13.8. The van der Waals surface area contributed by atoms with Gasteiger partial charge in [-0.2, -0.15) is 0 Å². The van der Waals surface area contributed by atoms with E-state index in [1.54, 1.807) is 6.92 Å². The van der Waals surface area contributed by atoms with Gasteiger partial charge >= 0.3 is 5.97 Å². The van der Waals surface area contributed by atoms with Gasteiger partial charge in [-0.05, 0) is 74.9 Å². The van der Waals surface area contributed by atoms with Gasteiger partial charge in [-0.1, -0.05) is 24.3 Å². The van der Waals surface area contributed by atoms with Crippen molar-refractivity contribution in [3.63, 3.8) is 0 Å². The van der Waals surface area contributed by atoms with Crippen molar-refractivity contribution in [2.24, 2.45) is 4.99 Å². The number of aromatic nitrogens is 1. The fourth-order valence-electron chi connectivity index (χ4n) is 3.70. The molecule has 164 valence electrons. The molecule has 0 bridgehead atoms. The van der Waals surface area contributed by atoms with Crippen LogP contribution in [0, 0.1) is 20.8 Å². The summed E-state index contributed by atoms with van der Waals surface area (Å²) in [6.45, 7) is 8.31. The highest BCUT2D eigenvalue weighted by Gasteiger charge is 2.25. The lowest BCUT2D eigenvalue weighted by molar-refractivity contribution is -0.143. The maximum absolute atomic E-state index is 12.7. The van der Waals surface area contributed by atoms with Crippen LogP contribution in [0.3, 0.4) is 0 Å². The summed E-state index contributed by atoms with van der Waals surface area (Å²) in [5.74, 6) is -0.467. The third-order valence-electron chi connectivity index (χ3n) is 5.52. The molecular weight excluding hydrogens is 422 g/mol. The van der Waals surface area contributed by atoms with E-state index in [-0.39, 0.29) is 18.4 Å². The fourth-order valence-corrected chi connectivity index (χ4v) is 4.53. The van der Waals surface area contributed by atoms with Gasteiger partial charge < -0.3 is 14.6 Å². The van der Waals surface area contributed by atoms with Gasteiger partial charge in [0.25, 0.3) is 5.91 Å². The average Bonchev–Trinajstić information content (AvgIpc) is 3.23. The number of carbonyl (C=O) groups excluding carboxylic acids is 2. The molecule has 2 heterocycles. The summed E-state index contributed by atoms with van der Waals surface area (Å²) in [6.07, 6.45) is 1.88. The van der Waals surface area contributed by atoms with Crippen molar-refractivity contribution in [2.75, 3.05) is 6.61 Å². The quantitative estimate of drug-likeness (QED) is 0.440. The van der Waals surface area contributed by atoms with Crippen molar-refractivity contribution < 1.29 is 14.3 Å².